The first-order valence-electron chi connectivity index (χ1n) is 31.8. The fraction of sp³-hybridized carbons (Fsp3) is 0.773. The second-order valence-electron chi connectivity index (χ2n) is 21.2. The Balaban J connectivity index is 4.73. The molecule has 0 bridgehead atoms. The van der Waals surface area contributed by atoms with Crippen molar-refractivity contribution in [1.29, 1.82) is 0 Å². The van der Waals surface area contributed by atoms with Crippen molar-refractivity contribution in [2.45, 2.75) is 303 Å². The minimum atomic E-state index is -4.76. The van der Waals surface area contributed by atoms with Gasteiger partial charge in [0.1, 0.15) is 12.7 Å². The predicted molar refractivity (Wildman–Crippen MR) is 325 cm³/mol. The first-order chi connectivity index (χ1) is 38.2. The van der Waals surface area contributed by atoms with Crippen molar-refractivity contribution in [3.8, 4) is 0 Å². The van der Waals surface area contributed by atoms with E-state index in [1.807, 2.05) is 0 Å². The van der Waals surface area contributed by atoms with Crippen LogP contribution in [0.5, 0.6) is 0 Å². The van der Waals surface area contributed by atoms with Crippen LogP contribution in [0.15, 0.2) is 72.9 Å². The Labute approximate surface area is 478 Å². The molecule has 0 aromatic carbocycles. The molecule has 452 valence electrons. The summed E-state index contributed by atoms with van der Waals surface area (Å²) in [5.74, 6) is -1.48. The highest BCUT2D eigenvalue weighted by Crippen LogP contribution is 2.43. The molecule has 12 heteroatoms. The number of rotatable bonds is 59. The topological polar surface area (TPSA) is 155 Å². The molecule has 0 radical (unpaired) electrons. The van der Waals surface area contributed by atoms with E-state index in [-0.39, 0.29) is 25.9 Å². The Morgan fingerprint density at radius 1 is 0.372 bits per heavy atom. The average molecular weight is 1120 g/mol. The van der Waals surface area contributed by atoms with Crippen LogP contribution in [0.3, 0.4) is 0 Å². The Morgan fingerprint density at radius 3 is 1.05 bits per heavy atom. The van der Waals surface area contributed by atoms with Gasteiger partial charge in [-0.15, -0.1) is 0 Å². The van der Waals surface area contributed by atoms with E-state index in [2.05, 4.69) is 93.7 Å². The summed E-state index contributed by atoms with van der Waals surface area (Å²) in [6.07, 6.45) is 68.4. The summed E-state index contributed by atoms with van der Waals surface area (Å²) in [4.78, 5) is 48.7. The van der Waals surface area contributed by atoms with Crippen LogP contribution in [0.1, 0.15) is 290 Å². The predicted octanol–water partition coefficient (Wildman–Crippen LogP) is 19.3. The van der Waals surface area contributed by atoms with Crippen LogP contribution in [0.4, 0.5) is 0 Å². The van der Waals surface area contributed by atoms with Gasteiger partial charge >= 0.3 is 25.7 Å². The number of phosphoric ester groups is 1. The van der Waals surface area contributed by atoms with Gasteiger partial charge in [0, 0.05) is 19.3 Å². The van der Waals surface area contributed by atoms with E-state index in [1.165, 1.54) is 103 Å². The minimum Gasteiger partial charge on any atom is -0.462 e. The maximum absolute atomic E-state index is 12.9. The Bertz CT molecular complexity index is 1590. The number of esters is 3. The van der Waals surface area contributed by atoms with Gasteiger partial charge in [-0.1, -0.05) is 254 Å². The molecule has 78 heavy (non-hydrogen) atoms. The van der Waals surface area contributed by atoms with Crippen molar-refractivity contribution in [3.05, 3.63) is 72.9 Å². The summed E-state index contributed by atoms with van der Waals surface area (Å²) in [5.41, 5.74) is 0. The molecule has 0 heterocycles. The number of carbonyl (C=O) groups is 3. The van der Waals surface area contributed by atoms with Gasteiger partial charge in [0.25, 0.3) is 0 Å². The Morgan fingerprint density at radius 2 is 0.667 bits per heavy atom. The zero-order valence-electron chi connectivity index (χ0n) is 50.1. The van der Waals surface area contributed by atoms with E-state index in [9.17, 15) is 28.9 Å². The Hall–Kier alpha value is -3.08. The van der Waals surface area contributed by atoms with Gasteiger partial charge in [-0.25, -0.2) is 4.57 Å². The molecule has 0 saturated carbocycles. The molecule has 0 rings (SSSR count). The van der Waals surface area contributed by atoms with E-state index in [0.29, 0.717) is 19.3 Å². The molecule has 0 aliphatic rings. The average Bonchev–Trinajstić information content (AvgIpc) is 3.43. The second-order valence-corrected chi connectivity index (χ2v) is 22.7. The van der Waals surface area contributed by atoms with E-state index >= 15 is 0 Å². The van der Waals surface area contributed by atoms with Gasteiger partial charge < -0.3 is 24.2 Å². The van der Waals surface area contributed by atoms with Crippen LogP contribution in [0.2, 0.25) is 0 Å². The Kier molecular flexibility index (Phi) is 57.7. The fourth-order valence-electron chi connectivity index (χ4n) is 8.79. The number of hydrogen-bond acceptors (Lipinski definition) is 10. The highest BCUT2D eigenvalue weighted by atomic mass is 31.2. The summed E-state index contributed by atoms with van der Waals surface area (Å²) in [5, 5.41) is 9.85. The molecule has 0 amide bonds. The molecular formula is C66H117O11P. The fourth-order valence-corrected chi connectivity index (χ4v) is 9.57. The number of allylic oxidation sites excluding steroid dienone is 12. The van der Waals surface area contributed by atoms with Gasteiger partial charge in [0.05, 0.1) is 19.8 Å². The first kappa shape index (κ1) is 74.9. The van der Waals surface area contributed by atoms with Crippen molar-refractivity contribution in [2.75, 3.05) is 26.4 Å². The van der Waals surface area contributed by atoms with Crippen molar-refractivity contribution in [3.63, 3.8) is 0 Å². The van der Waals surface area contributed by atoms with Crippen LogP contribution in [-0.2, 0) is 42.2 Å². The molecule has 3 unspecified atom stereocenters. The summed E-state index contributed by atoms with van der Waals surface area (Å²) < 4.78 is 39.7. The maximum Gasteiger partial charge on any atom is 0.472 e. The van der Waals surface area contributed by atoms with Crippen LogP contribution in [-0.4, -0.2) is 66.5 Å². The van der Waals surface area contributed by atoms with Gasteiger partial charge in [-0.2, -0.15) is 0 Å². The summed E-state index contributed by atoms with van der Waals surface area (Å²) in [6.45, 7) is 4.53. The molecular weight excluding hydrogens is 1000 g/mol. The monoisotopic (exact) mass is 1120 g/mol. The van der Waals surface area contributed by atoms with Crippen molar-refractivity contribution < 1.29 is 52.2 Å². The molecule has 0 aromatic rings. The number of aliphatic hydroxyl groups is 1. The number of aliphatic hydroxyl groups excluding tert-OH is 1. The lowest BCUT2D eigenvalue weighted by Gasteiger charge is -2.21. The third-order valence-corrected chi connectivity index (χ3v) is 14.6. The molecule has 0 aliphatic carbocycles. The quantitative estimate of drug-likeness (QED) is 0.0197. The first-order valence-corrected chi connectivity index (χ1v) is 33.3. The normalized spacial score (nSPS) is 13.8. The maximum atomic E-state index is 12.9. The SMILES string of the molecule is CC/C=C\C/C=C\C/C=C\CCCCCCCCCC(=O)OC(COC(=O)CCCCCCCC/C=C\C/C=C\C/C=C\CCCCC)COP(=O)(O)OCC(CO)OC(=O)CCCCCCCCCCCCCCCCC. The molecule has 0 aliphatic heterocycles. The molecule has 11 nitrogen and oxygen atoms in total. The van der Waals surface area contributed by atoms with E-state index in [0.717, 1.165) is 128 Å². The second kappa shape index (κ2) is 60.0. The summed E-state index contributed by atoms with van der Waals surface area (Å²) in [7, 11) is -4.76. The lowest BCUT2D eigenvalue weighted by molar-refractivity contribution is -0.161. The van der Waals surface area contributed by atoms with Crippen LogP contribution < -0.4 is 0 Å². The van der Waals surface area contributed by atoms with Gasteiger partial charge in [-0.3, -0.25) is 23.4 Å². The molecule has 0 aromatic heterocycles. The lowest BCUT2D eigenvalue weighted by Crippen LogP contribution is -2.30. The summed E-state index contributed by atoms with van der Waals surface area (Å²) >= 11 is 0. The smallest absolute Gasteiger partial charge is 0.462 e. The number of unbranched alkanes of at least 4 members (excludes halogenated alkanes) is 30. The highest BCUT2D eigenvalue weighted by molar-refractivity contribution is 7.47. The zero-order valence-corrected chi connectivity index (χ0v) is 51.0. The van der Waals surface area contributed by atoms with Gasteiger partial charge in [0.2, 0.25) is 0 Å². The van der Waals surface area contributed by atoms with Crippen LogP contribution in [0, 0.1) is 0 Å². The summed E-state index contributed by atoms with van der Waals surface area (Å²) in [6, 6.07) is 0. The third-order valence-electron chi connectivity index (χ3n) is 13.6. The largest absolute Gasteiger partial charge is 0.472 e. The highest BCUT2D eigenvalue weighted by Gasteiger charge is 2.28. The zero-order chi connectivity index (χ0) is 56.9. The standard InChI is InChI=1S/C66H117O11P/c1-4-7-10-13-16-19-22-25-28-30-31-33-35-37-40-43-46-49-52-55-64(68)73-59-63(77-66(70)57-54-51-48-45-42-39-36-32-29-26-23-20-17-14-11-8-5-2)61-75-78(71,72)74-60-62(58-67)76-65(69)56-53-50-47-44-41-38-34-27-24-21-18-15-12-9-6-3/h8,11,16-17,19-20,25-26,28-29,31,33,62-63,67H,4-7,9-10,12-15,18,21-24,27,30,32,34-61H2,1-3H3,(H,71,72)/b11-8-,19-16-,20-17-,28-25-,29-26-,33-31-. The van der Waals surface area contributed by atoms with Gasteiger partial charge in [-0.05, 0) is 89.9 Å². The third kappa shape index (κ3) is 57.6. The molecule has 0 spiro atoms. The van der Waals surface area contributed by atoms with Crippen molar-refractivity contribution in [2.24, 2.45) is 0 Å². The van der Waals surface area contributed by atoms with E-state index in [4.69, 9.17) is 23.3 Å². The molecule has 0 saturated heterocycles. The van der Waals surface area contributed by atoms with E-state index < -0.39 is 57.8 Å². The van der Waals surface area contributed by atoms with Gasteiger partial charge in [0.15, 0.2) is 6.10 Å². The van der Waals surface area contributed by atoms with E-state index in [1.54, 1.807) is 0 Å². The van der Waals surface area contributed by atoms with Crippen LogP contribution in [0.25, 0.3) is 0 Å². The molecule has 3 atom stereocenters. The molecule has 2 N–H and O–H groups in total. The minimum absolute atomic E-state index is 0.153. The lowest BCUT2D eigenvalue weighted by atomic mass is 10.0. The molecule has 0 fully saturated rings. The van der Waals surface area contributed by atoms with Crippen LogP contribution >= 0.6 is 7.82 Å². The number of ether oxygens (including phenoxy) is 3. The number of phosphoric acid groups is 1. The number of hydrogen-bond donors (Lipinski definition) is 2. The number of carbonyl (C=O) groups excluding carboxylic acids is 3. The van der Waals surface area contributed by atoms with Crippen molar-refractivity contribution in [1.82, 2.24) is 0 Å². The van der Waals surface area contributed by atoms with Crippen molar-refractivity contribution >= 4 is 25.7 Å².